The molecule has 1 aromatic rings. The molecule has 2 N–H and O–H groups in total. The average molecular weight is 320 g/mol. The fourth-order valence-corrected chi connectivity index (χ4v) is 3.20. The van der Waals surface area contributed by atoms with Crippen LogP contribution < -0.4 is 10.6 Å². The Morgan fingerprint density at radius 2 is 2.00 bits per heavy atom. The molecule has 5 heteroatoms. The van der Waals surface area contributed by atoms with Gasteiger partial charge in [-0.2, -0.15) is 0 Å². The van der Waals surface area contributed by atoms with E-state index in [1.165, 1.54) is 31.2 Å². The van der Waals surface area contributed by atoms with Crippen LogP contribution in [-0.4, -0.2) is 30.2 Å². The summed E-state index contributed by atoms with van der Waals surface area (Å²) in [6.45, 7) is 12.4. The second-order valence-electron chi connectivity index (χ2n) is 7.40. The maximum atomic E-state index is 5.21. The number of rotatable bonds is 5. The molecule has 1 aliphatic rings. The van der Waals surface area contributed by atoms with Crippen LogP contribution in [0.5, 0.6) is 0 Å². The number of aromatic nitrogens is 1. The minimum absolute atomic E-state index is 0.497. The second-order valence-corrected chi connectivity index (χ2v) is 7.40. The Morgan fingerprint density at radius 1 is 1.30 bits per heavy atom. The summed E-state index contributed by atoms with van der Waals surface area (Å²) >= 11 is 0. The van der Waals surface area contributed by atoms with Gasteiger partial charge in [0.25, 0.3) is 0 Å². The molecule has 130 valence electrons. The van der Waals surface area contributed by atoms with E-state index in [2.05, 4.69) is 36.6 Å². The summed E-state index contributed by atoms with van der Waals surface area (Å²) in [6.07, 6.45) is 5.88. The number of aryl methyl sites for hydroxylation is 2. The van der Waals surface area contributed by atoms with Crippen molar-refractivity contribution >= 4 is 5.96 Å². The van der Waals surface area contributed by atoms with E-state index in [1.807, 2.05) is 13.8 Å². The molecule has 1 fully saturated rings. The molecule has 1 aromatic heterocycles. The van der Waals surface area contributed by atoms with Crippen LogP contribution in [0.1, 0.15) is 63.5 Å². The predicted molar refractivity (Wildman–Crippen MR) is 94.8 cm³/mol. The summed E-state index contributed by atoms with van der Waals surface area (Å²) in [4.78, 5) is 4.73. The smallest absolute Gasteiger partial charge is 0.191 e. The molecule has 0 spiro atoms. The molecular formula is C18H32N4O. The Hall–Kier alpha value is -1.52. The van der Waals surface area contributed by atoms with Crippen LogP contribution in [0.4, 0.5) is 0 Å². The first-order valence-corrected chi connectivity index (χ1v) is 8.88. The van der Waals surface area contributed by atoms with Gasteiger partial charge in [0, 0.05) is 24.7 Å². The van der Waals surface area contributed by atoms with Gasteiger partial charge in [-0.1, -0.05) is 19.0 Å². The third-order valence-corrected chi connectivity index (χ3v) is 4.84. The molecule has 1 heterocycles. The predicted octanol–water partition coefficient (Wildman–Crippen LogP) is 3.36. The van der Waals surface area contributed by atoms with Crippen molar-refractivity contribution in [3.8, 4) is 0 Å². The lowest BCUT2D eigenvalue weighted by Gasteiger charge is -2.35. The standard InChI is InChI=1S/C18H32N4O/c1-6-19-17(21-15-7-10-18(4,5)11-8-15)20-12-9-16-13(2)22-23-14(16)3/h15H,6-12H2,1-5H3,(H2,19,20,21). The summed E-state index contributed by atoms with van der Waals surface area (Å²) in [5.74, 6) is 1.84. The maximum Gasteiger partial charge on any atom is 0.191 e. The lowest BCUT2D eigenvalue weighted by atomic mass is 9.75. The lowest BCUT2D eigenvalue weighted by molar-refractivity contribution is 0.216. The van der Waals surface area contributed by atoms with Crippen molar-refractivity contribution in [2.45, 2.75) is 72.8 Å². The van der Waals surface area contributed by atoms with E-state index in [9.17, 15) is 0 Å². The zero-order valence-electron chi connectivity index (χ0n) is 15.3. The zero-order chi connectivity index (χ0) is 16.9. The van der Waals surface area contributed by atoms with Crippen LogP contribution in [-0.2, 0) is 6.42 Å². The van der Waals surface area contributed by atoms with E-state index in [1.54, 1.807) is 0 Å². The topological polar surface area (TPSA) is 62.5 Å². The molecule has 0 amide bonds. The van der Waals surface area contributed by atoms with Crippen molar-refractivity contribution in [1.82, 2.24) is 15.8 Å². The monoisotopic (exact) mass is 320 g/mol. The molecule has 0 atom stereocenters. The van der Waals surface area contributed by atoms with Crippen LogP contribution >= 0.6 is 0 Å². The molecule has 2 rings (SSSR count). The highest BCUT2D eigenvalue weighted by Crippen LogP contribution is 2.34. The number of nitrogens with zero attached hydrogens (tertiary/aromatic N) is 2. The van der Waals surface area contributed by atoms with Gasteiger partial charge in [-0.05, 0) is 58.3 Å². The quantitative estimate of drug-likeness (QED) is 0.645. The lowest BCUT2D eigenvalue weighted by Crippen LogP contribution is -2.45. The van der Waals surface area contributed by atoms with Crippen LogP contribution in [0.25, 0.3) is 0 Å². The van der Waals surface area contributed by atoms with Crippen molar-refractivity contribution < 1.29 is 4.52 Å². The van der Waals surface area contributed by atoms with Crippen LogP contribution in [0, 0.1) is 19.3 Å². The molecule has 0 aliphatic heterocycles. The van der Waals surface area contributed by atoms with Gasteiger partial charge in [-0.3, -0.25) is 4.99 Å². The van der Waals surface area contributed by atoms with Crippen molar-refractivity contribution in [2.24, 2.45) is 10.4 Å². The first-order valence-electron chi connectivity index (χ1n) is 8.88. The second kappa shape index (κ2) is 7.84. The third kappa shape index (κ3) is 5.26. The highest BCUT2D eigenvalue weighted by atomic mass is 16.5. The Bertz CT molecular complexity index is 504. The van der Waals surface area contributed by atoms with Crippen molar-refractivity contribution in [2.75, 3.05) is 13.1 Å². The number of aliphatic imine (C=N–C) groups is 1. The minimum Gasteiger partial charge on any atom is -0.361 e. The van der Waals surface area contributed by atoms with Gasteiger partial charge >= 0.3 is 0 Å². The molecular weight excluding hydrogens is 288 g/mol. The molecule has 1 saturated carbocycles. The minimum atomic E-state index is 0.497. The van der Waals surface area contributed by atoms with Gasteiger partial charge in [0.05, 0.1) is 5.69 Å². The molecule has 0 saturated heterocycles. The highest BCUT2D eigenvalue weighted by molar-refractivity contribution is 5.80. The van der Waals surface area contributed by atoms with Crippen molar-refractivity contribution in [3.63, 3.8) is 0 Å². The van der Waals surface area contributed by atoms with E-state index < -0.39 is 0 Å². The van der Waals surface area contributed by atoms with Gasteiger partial charge < -0.3 is 15.2 Å². The summed E-state index contributed by atoms with van der Waals surface area (Å²) < 4.78 is 5.21. The van der Waals surface area contributed by atoms with E-state index >= 15 is 0 Å². The maximum absolute atomic E-state index is 5.21. The number of hydrogen-bond donors (Lipinski definition) is 2. The summed E-state index contributed by atoms with van der Waals surface area (Å²) in [6, 6.07) is 0.542. The highest BCUT2D eigenvalue weighted by Gasteiger charge is 2.27. The van der Waals surface area contributed by atoms with Gasteiger partial charge in [0.1, 0.15) is 5.76 Å². The molecule has 0 unspecified atom stereocenters. The Kier molecular flexibility index (Phi) is 6.08. The van der Waals surface area contributed by atoms with E-state index in [0.717, 1.165) is 36.9 Å². The molecule has 5 nitrogen and oxygen atoms in total. The largest absolute Gasteiger partial charge is 0.361 e. The van der Waals surface area contributed by atoms with Crippen LogP contribution in [0.3, 0.4) is 0 Å². The third-order valence-electron chi connectivity index (χ3n) is 4.84. The fraction of sp³-hybridized carbons (Fsp3) is 0.778. The first kappa shape index (κ1) is 17.8. The normalized spacial score (nSPS) is 18.9. The Labute approximate surface area is 140 Å². The average Bonchev–Trinajstić information content (AvgIpc) is 2.81. The molecule has 1 aliphatic carbocycles. The summed E-state index contributed by atoms with van der Waals surface area (Å²) in [5, 5.41) is 11.0. The molecule has 0 radical (unpaired) electrons. The van der Waals surface area contributed by atoms with Crippen molar-refractivity contribution in [3.05, 3.63) is 17.0 Å². The van der Waals surface area contributed by atoms with Gasteiger partial charge in [0.2, 0.25) is 0 Å². The Morgan fingerprint density at radius 3 is 2.57 bits per heavy atom. The van der Waals surface area contributed by atoms with Gasteiger partial charge in [-0.15, -0.1) is 0 Å². The van der Waals surface area contributed by atoms with Crippen LogP contribution in [0.2, 0.25) is 0 Å². The SMILES string of the molecule is CCNC(=NCCc1c(C)noc1C)NC1CCC(C)(C)CC1. The van der Waals surface area contributed by atoms with Crippen molar-refractivity contribution in [1.29, 1.82) is 0 Å². The van der Waals surface area contributed by atoms with Crippen LogP contribution in [0.15, 0.2) is 9.52 Å². The molecule has 0 bridgehead atoms. The van der Waals surface area contributed by atoms with Gasteiger partial charge in [-0.25, -0.2) is 0 Å². The first-order chi connectivity index (χ1) is 10.9. The molecule has 23 heavy (non-hydrogen) atoms. The van der Waals surface area contributed by atoms with E-state index in [-0.39, 0.29) is 0 Å². The van der Waals surface area contributed by atoms with E-state index in [0.29, 0.717) is 11.5 Å². The summed E-state index contributed by atoms with van der Waals surface area (Å²) in [5.41, 5.74) is 2.66. The zero-order valence-corrected chi connectivity index (χ0v) is 15.3. The Balaban J connectivity index is 1.87. The number of hydrogen-bond acceptors (Lipinski definition) is 3. The van der Waals surface area contributed by atoms with E-state index in [4.69, 9.17) is 9.52 Å². The number of guanidine groups is 1. The van der Waals surface area contributed by atoms with Gasteiger partial charge in [0.15, 0.2) is 5.96 Å². The fourth-order valence-electron chi connectivity index (χ4n) is 3.20. The molecule has 0 aromatic carbocycles. The summed E-state index contributed by atoms with van der Waals surface area (Å²) in [7, 11) is 0. The number of nitrogens with one attached hydrogen (secondary N) is 2.